The summed E-state index contributed by atoms with van der Waals surface area (Å²) in [5.41, 5.74) is 0.792. The Kier molecular flexibility index (Phi) is 5.03. The van der Waals surface area contributed by atoms with Gasteiger partial charge >= 0.3 is 5.97 Å². The van der Waals surface area contributed by atoms with Crippen molar-refractivity contribution in [2.24, 2.45) is 0 Å². The SMILES string of the molecule is CN(OC(=O)c1ccc([N+](=O)[O-])cc1)C(=O)Cc1ccccc1. The van der Waals surface area contributed by atoms with Crippen LogP contribution in [0.3, 0.4) is 0 Å². The van der Waals surface area contributed by atoms with Crippen molar-refractivity contribution in [2.75, 3.05) is 7.05 Å². The van der Waals surface area contributed by atoms with Crippen molar-refractivity contribution in [2.45, 2.75) is 6.42 Å². The lowest BCUT2D eigenvalue weighted by molar-refractivity contribution is -0.384. The molecule has 0 bridgehead atoms. The van der Waals surface area contributed by atoms with Crippen molar-refractivity contribution in [1.29, 1.82) is 0 Å². The van der Waals surface area contributed by atoms with Crippen LogP contribution in [0.5, 0.6) is 0 Å². The summed E-state index contributed by atoms with van der Waals surface area (Å²) in [5, 5.41) is 11.4. The number of nitro groups is 1. The van der Waals surface area contributed by atoms with Gasteiger partial charge in [0.2, 0.25) is 0 Å². The van der Waals surface area contributed by atoms with E-state index in [4.69, 9.17) is 4.84 Å². The van der Waals surface area contributed by atoms with E-state index >= 15 is 0 Å². The van der Waals surface area contributed by atoms with E-state index in [0.717, 1.165) is 10.6 Å². The van der Waals surface area contributed by atoms with Gasteiger partial charge in [-0.05, 0) is 17.7 Å². The number of carbonyl (C=O) groups excluding carboxylic acids is 2. The minimum absolute atomic E-state index is 0.102. The molecule has 0 saturated heterocycles. The minimum atomic E-state index is -0.760. The fraction of sp³-hybridized carbons (Fsp3) is 0.125. The third-order valence-electron chi connectivity index (χ3n) is 3.08. The summed E-state index contributed by atoms with van der Waals surface area (Å²) in [6, 6.07) is 14.0. The quantitative estimate of drug-likeness (QED) is 0.638. The molecule has 0 saturated carbocycles. The number of likely N-dealkylation sites (N-methyl/N-ethyl adjacent to an activating group) is 1. The van der Waals surface area contributed by atoms with E-state index in [1.54, 1.807) is 12.1 Å². The Hall–Kier alpha value is -3.22. The first-order valence-electron chi connectivity index (χ1n) is 6.74. The number of amides is 1. The Morgan fingerprint density at radius 1 is 1.09 bits per heavy atom. The van der Waals surface area contributed by atoms with E-state index in [0.29, 0.717) is 0 Å². The number of benzene rings is 2. The minimum Gasteiger partial charge on any atom is -0.333 e. The van der Waals surface area contributed by atoms with Crippen LogP contribution in [0, 0.1) is 10.1 Å². The van der Waals surface area contributed by atoms with Crippen molar-refractivity contribution >= 4 is 17.6 Å². The molecule has 1 amide bonds. The molecule has 2 rings (SSSR count). The maximum atomic E-state index is 12.0. The molecule has 0 N–H and O–H groups in total. The van der Waals surface area contributed by atoms with Gasteiger partial charge in [0.25, 0.3) is 11.6 Å². The van der Waals surface area contributed by atoms with Gasteiger partial charge < -0.3 is 4.84 Å². The molecule has 0 aromatic heterocycles. The van der Waals surface area contributed by atoms with E-state index < -0.39 is 10.9 Å². The second-order valence-electron chi connectivity index (χ2n) is 4.74. The normalized spacial score (nSPS) is 9.96. The molecule has 0 unspecified atom stereocenters. The number of carbonyl (C=O) groups is 2. The fourth-order valence-corrected chi connectivity index (χ4v) is 1.83. The van der Waals surface area contributed by atoms with E-state index in [1.807, 2.05) is 18.2 Å². The van der Waals surface area contributed by atoms with Crippen LogP contribution in [-0.2, 0) is 16.1 Å². The van der Waals surface area contributed by atoms with Gasteiger partial charge in [0.05, 0.1) is 16.9 Å². The molecule has 118 valence electrons. The number of hydrogen-bond donors (Lipinski definition) is 0. The van der Waals surface area contributed by atoms with Crippen molar-refractivity contribution in [3.63, 3.8) is 0 Å². The summed E-state index contributed by atoms with van der Waals surface area (Å²) in [6.45, 7) is 0. The lowest BCUT2D eigenvalue weighted by Gasteiger charge is -2.16. The number of nitro benzene ring substituents is 1. The van der Waals surface area contributed by atoms with Gasteiger partial charge in [-0.2, -0.15) is 5.06 Å². The van der Waals surface area contributed by atoms with Gasteiger partial charge in [0, 0.05) is 19.2 Å². The molecular formula is C16H14N2O5. The van der Waals surface area contributed by atoms with Crippen molar-refractivity contribution in [3.05, 3.63) is 75.8 Å². The lowest BCUT2D eigenvalue weighted by Crippen LogP contribution is -2.31. The maximum Gasteiger partial charge on any atom is 0.363 e. The van der Waals surface area contributed by atoms with Crippen LogP contribution in [0.1, 0.15) is 15.9 Å². The zero-order valence-corrected chi connectivity index (χ0v) is 12.3. The number of rotatable bonds is 4. The Morgan fingerprint density at radius 2 is 1.70 bits per heavy atom. The van der Waals surface area contributed by atoms with E-state index in [9.17, 15) is 19.7 Å². The molecule has 2 aromatic carbocycles. The van der Waals surface area contributed by atoms with Crippen LogP contribution in [0.2, 0.25) is 0 Å². The Morgan fingerprint density at radius 3 is 2.26 bits per heavy atom. The fourth-order valence-electron chi connectivity index (χ4n) is 1.83. The van der Waals surface area contributed by atoms with Gasteiger partial charge in [-0.1, -0.05) is 30.3 Å². The summed E-state index contributed by atoms with van der Waals surface area (Å²) in [6.07, 6.45) is 0.102. The van der Waals surface area contributed by atoms with Crippen LogP contribution in [-0.4, -0.2) is 28.9 Å². The van der Waals surface area contributed by atoms with Gasteiger partial charge in [0.1, 0.15) is 0 Å². The zero-order chi connectivity index (χ0) is 16.8. The molecule has 7 nitrogen and oxygen atoms in total. The molecule has 2 aromatic rings. The Balaban J connectivity index is 1.96. The third kappa shape index (κ3) is 4.37. The molecule has 23 heavy (non-hydrogen) atoms. The molecule has 0 aliphatic carbocycles. The average Bonchev–Trinajstić information content (AvgIpc) is 2.55. The summed E-state index contributed by atoms with van der Waals surface area (Å²) >= 11 is 0. The molecule has 0 aliphatic rings. The molecule has 0 heterocycles. The number of hydroxylamine groups is 2. The second kappa shape index (κ2) is 7.17. The van der Waals surface area contributed by atoms with E-state index in [-0.39, 0.29) is 23.6 Å². The summed E-state index contributed by atoms with van der Waals surface area (Å²) in [4.78, 5) is 38.8. The molecule has 7 heteroatoms. The number of non-ortho nitro benzene ring substituents is 1. The van der Waals surface area contributed by atoms with Crippen LogP contribution < -0.4 is 0 Å². The largest absolute Gasteiger partial charge is 0.363 e. The summed E-state index contributed by atoms with van der Waals surface area (Å²) in [7, 11) is 1.34. The smallest absolute Gasteiger partial charge is 0.333 e. The lowest BCUT2D eigenvalue weighted by atomic mass is 10.1. The molecule has 0 radical (unpaired) electrons. The highest BCUT2D eigenvalue weighted by molar-refractivity contribution is 5.90. The van der Waals surface area contributed by atoms with E-state index in [2.05, 4.69) is 0 Å². The summed E-state index contributed by atoms with van der Waals surface area (Å²) < 4.78 is 0. The predicted octanol–water partition coefficient (Wildman–Crippen LogP) is 2.37. The average molecular weight is 314 g/mol. The van der Waals surface area contributed by atoms with Crippen molar-refractivity contribution < 1.29 is 19.3 Å². The second-order valence-corrected chi connectivity index (χ2v) is 4.74. The predicted molar refractivity (Wildman–Crippen MR) is 81.4 cm³/mol. The number of nitrogens with zero attached hydrogens (tertiary/aromatic N) is 2. The first kappa shape index (κ1) is 16.2. The van der Waals surface area contributed by atoms with Crippen LogP contribution >= 0.6 is 0 Å². The highest BCUT2D eigenvalue weighted by Crippen LogP contribution is 2.13. The Bertz CT molecular complexity index is 713. The molecular weight excluding hydrogens is 300 g/mol. The van der Waals surface area contributed by atoms with Gasteiger partial charge in [-0.25, -0.2) is 4.79 Å². The highest BCUT2D eigenvalue weighted by atomic mass is 16.7. The third-order valence-corrected chi connectivity index (χ3v) is 3.08. The summed E-state index contributed by atoms with van der Waals surface area (Å²) in [5.74, 6) is -1.14. The molecule has 0 spiro atoms. The van der Waals surface area contributed by atoms with Crippen LogP contribution in [0.4, 0.5) is 5.69 Å². The van der Waals surface area contributed by atoms with Crippen LogP contribution in [0.25, 0.3) is 0 Å². The van der Waals surface area contributed by atoms with E-state index in [1.165, 1.54) is 31.3 Å². The first-order valence-corrected chi connectivity index (χ1v) is 6.74. The Labute approximate surface area is 132 Å². The topological polar surface area (TPSA) is 89.8 Å². The number of hydrogen-bond acceptors (Lipinski definition) is 5. The zero-order valence-electron chi connectivity index (χ0n) is 12.3. The highest BCUT2D eigenvalue weighted by Gasteiger charge is 2.17. The van der Waals surface area contributed by atoms with Gasteiger partial charge in [-0.3, -0.25) is 14.9 Å². The molecule has 0 aliphatic heterocycles. The molecule has 0 fully saturated rings. The van der Waals surface area contributed by atoms with Crippen molar-refractivity contribution in [1.82, 2.24) is 5.06 Å². The maximum absolute atomic E-state index is 12.0. The van der Waals surface area contributed by atoms with Gasteiger partial charge in [-0.15, -0.1) is 0 Å². The van der Waals surface area contributed by atoms with Crippen molar-refractivity contribution in [3.8, 4) is 0 Å². The first-order chi connectivity index (χ1) is 11.0. The monoisotopic (exact) mass is 314 g/mol. The van der Waals surface area contributed by atoms with Gasteiger partial charge in [0.15, 0.2) is 0 Å². The molecule has 0 atom stereocenters. The standard InChI is InChI=1S/C16H14N2O5/c1-17(15(19)11-12-5-3-2-4-6-12)23-16(20)13-7-9-14(10-8-13)18(21)22/h2-10H,11H2,1H3. The van der Waals surface area contributed by atoms with Crippen LogP contribution in [0.15, 0.2) is 54.6 Å².